The molecule has 1 saturated heterocycles. The molecule has 14 heteroatoms. The number of benzene rings is 1. The number of aliphatic hydroxyl groups is 1. The first-order valence-corrected chi connectivity index (χ1v) is 20.5. The first-order valence-electron chi connectivity index (χ1n) is 19.6. The number of nitrogens with one attached hydrogen (secondary N) is 2. The highest BCUT2D eigenvalue weighted by atomic mass is 32.1. The molecule has 1 fully saturated rings. The highest BCUT2D eigenvalue weighted by Crippen LogP contribution is 2.33. The van der Waals surface area contributed by atoms with Gasteiger partial charge in [-0.2, -0.15) is 0 Å². The number of esters is 2. The minimum atomic E-state index is -0.906. The van der Waals surface area contributed by atoms with E-state index in [-0.39, 0.29) is 67.4 Å². The number of nitrogens with zero attached hydrogens (tertiary/aromatic N) is 3. The Morgan fingerprint density at radius 2 is 1.71 bits per heavy atom. The maximum Gasteiger partial charge on any atom is 0.308 e. The molecule has 1 unspecified atom stereocenters. The van der Waals surface area contributed by atoms with Crippen molar-refractivity contribution < 1.29 is 38.6 Å². The predicted octanol–water partition coefficient (Wildman–Crippen LogP) is 4.71. The molecule has 1 aromatic carbocycles. The summed E-state index contributed by atoms with van der Waals surface area (Å²) in [5.41, 5.74) is 1.08. The van der Waals surface area contributed by atoms with E-state index < -0.39 is 42.0 Å². The third-order valence-electron chi connectivity index (χ3n) is 10.2. The molecule has 3 amide bonds. The molecule has 1 aromatic heterocycles. The van der Waals surface area contributed by atoms with Gasteiger partial charge in [-0.05, 0) is 63.6 Å². The summed E-state index contributed by atoms with van der Waals surface area (Å²) in [5.74, 6) is -2.52. The van der Waals surface area contributed by atoms with E-state index in [9.17, 15) is 29.1 Å². The van der Waals surface area contributed by atoms with Gasteiger partial charge in [0, 0.05) is 50.4 Å². The molecule has 0 aliphatic carbocycles. The van der Waals surface area contributed by atoms with Crippen LogP contribution in [-0.4, -0.2) is 108 Å². The predicted molar refractivity (Wildman–Crippen MR) is 212 cm³/mol. The zero-order valence-electron chi connectivity index (χ0n) is 34.1. The van der Waals surface area contributed by atoms with Crippen molar-refractivity contribution in [2.24, 2.45) is 17.8 Å². The van der Waals surface area contributed by atoms with Gasteiger partial charge >= 0.3 is 11.9 Å². The number of likely N-dealkylation sites (N-methyl/N-ethyl adjacent to an activating group) is 2. The van der Waals surface area contributed by atoms with Crippen LogP contribution in [0.4, 0.5) is 0 Å². The molecule has 55 heavy (non-hydrogen) atoms. The third kappa shape index (κ3) is 13.4. The van der Waals surface area contributed by atoms with Crippen LogP contribution in [0.2, 0.25) is 0 Å². The van der Waals surface area contributed by atoms with Gasteiger partial charge in [0.25, 0.3) is 5.91 Å². The third-order valence-corrected chi connectivity index (χ3v) is 11.4. The molecule has 1 aliphatic rings. The van der Waals surface area contributed by atoms with E-state index in [4.69, 9.17) is 14.5 Å². The Hall–Kier alpha value is -3.88. The molecule has 306 valence electrons. The Kier molecular flexibility index (Phi) is 18.2. The largest absolute Gasteiger partial charge is 0.466 e. The van der Waals surface area contributed by atoms with Crippen molar-refractivity contribution in [2.75, 3.05) is 33.9 Å². The first-order chi connectivity index (χ1) is 26.1. The summed E-state index contributed by atoms with van der Waals surface area (Å²) >= 11 is 1.18. The lowest BCUT2D eigenvalue weighted by Crippen LogP contribution is -2.57. The maximum absolute atomic E-state index is 14.2. The summed E-state index contributed by atoms with van der Waals surface area (Å²) in [6, 6.07) is 7.71. The lowest BCUT2D eigenvalue weighted by molar-refractivity contribution is -0.149. The standard InChI is InChI=1S/C41H63N5O8S/c1-10-53-41(52)27(6)22-30(23-29-16-12-11-13-17-29)42-38(50)36-34(19-21-47)55-39(44-36)33(54-28(7)48)24-32(25(2)3)46(9)40(51)35(26(4)5)43-37(49)31-18-14-15-20-45(31)8/h11-13,16-17,25-27,30-33,35,47H,10,14-15,18-24H2,1-9H3,(H,42,50)(H,43,49)/t27-,30+,31?,32+,33-,35+/m1/s1. The van der Waals surface area contributed by atoms with Crippen LogP contribution in [0.3, 0.4) is 0 Å². The van der Waals surface area contributed by atoms with Gasteiger partial charge in [-0.25, -0.2) is 4.98 Å². The number of ether oxygens (including phenoxy) is 2. The van der Waals surface area contributed by atoms with Crippen LogP contribution in [0.25, 0.3) is 0 Å². The number of carbonyl (C=O) groups is 5. The first kappa shape index (κ1) is 45.5. The van der Waals surface area contributed by atoms with Gasteiger partial charge in [-0.1, -0.05) is 71.4 Å². The number of thiazole rings is 1. The van der Waals surface area contributed by atoms with Crippen molar-refractivity contribution in [2.45, 2.75) is 124 Å². The van der Waals surface area contributed by atoms with Crippen molar-refractivity contribution in [3.8, 4) is 0 Å². The van der Waals surface area contributed by atoms with E-state index in [0.717, 1.165) is 31.4 Å². The monoisotopic (exact) mass is 785 g/mol. The fraction of sp³-hybridized carbons (Fsp3) is 0.659. The average Bonchev–Trinajstić information content (AvgIpc) is 3.56. The number of likely N-dealkylation sites (tertiary alicyclic amines) is 1. The number of rotatable bonds is 20. The highest BCUT2D eigenvalue weighted by molar-refractivity contribution is 7.12. The van der Waals surface area contributed by atoms with E-state index >= 15 is 0 Å². The van der Waals surface area contributed by atoms with Gasteiger partial charge in [-0.15, -0.1) is 11.3 Å². The van der Waals surface area contributed by atoms with Crippen molar-refractivity contribution in [3.05, 3.63) is 51.5 Å². The van der Waals surface area contributed by atoms with E-state index in [0.29, 0.717) is 22.7 Å². The minimum absolute atomic E-state index is 0.0835. The Morgan fingerprint density at radius 1 is 1.02 bits per heavy atom. The molecule has 0 spiro atoms. The Bertz CT molecular complexity index is 1570. The topological polar surface area (TPSA) is 167 Å². The van der Waals surface area contributed by atoms with Crippen molar-refractivity contribution in [3.63, 3.8) is 0 Å². The lowest BCUT2D eigenvalue weighted by Gasteiger charge is -2.37. The Labute approximate surface area is 330 Å². The average molecular weight is 786 g/mol. The van der Waals surface area contributed by atoms with Crippen LogP contribution in [0.5, 0.6) is 0 Å². The molecule has 0 saturated carbocycles. The van der Waals surface area contributed by atoms with E-state index in [2.05, 4.69) is 10.6 Å². The number of aromatic nitrogens is 1. The lowest BCUT2D eigenvalue weighted by atomic mass is 9.94. The Morgan fingerprint density at radius 3 is 2.29 bits per heavy atom. The van der Waals surface area contributed by atoms with Gasteiger partial charge in [0.1, 0.15) is 16.7 Å². The maximum atomic E-state index is 14.2. The van der Waals surface area contributed by atoms with Gasteiger partial charge in [0.15, 0.2) is 6.10 Å². The molecule has 0 bridgehead atoms. The number of hydrogen-bond acceptors (Lipinski definition) is 11. The quantitative estimate of drug-likeness (QED) is 0.160. The SMILES string of the molecule is CCOC(=O)[C@H](C)C[C@@H](Cc1ccccc1)NC(=O)c1nc([C@@H](C[C@@H](C(C)C)N(C)C(=O)[C@@H](NC(=O)C2CCCCN2C)C(C)C)OC(C)=O)sc1CCO. The summed E-state index contributed by atoms with van der Waals surface area (Å²) in [7, 11) is 3.63. The highest BCUT2D eigenvalue weighted by Gasteiger charge is 2.37. The van der Waals surface area contributed by atoms with Crippen LogP contribution < -0.4 is 10.6 Å². The van der Waals surface area contributed by atoms with Crippen molar-refractivity contribution in [1.29, 1.82) is 0 Å². The van der Waals surface area contributed by atoms with E-state index in [1.807, 2.05) is 70.0 Å². The smallest absolute Gasteiger partial charge is 0.308 e. The molecule has 0 radical (unpaired) electrons. The molecule has 13 nitrogen and oxygen atoms in total. The van der Waals surface area contributed by atoms with Gasteiger partial charge in [0.2, 0.25) is 11.8 Å². The van der Waals surface area contributed by atoms with Crippen molar-refractivity contribution in [1.82, 2.24) is 25.4 Å². The van der Waals surface area contributed by atoms with Crippen LogP contribution in [0.1, 0.15) is 113 Å². The molecule has 3 N–H and O–H groups in total. The summed E-state index contributed by atoms with van der Waals surface area (Å²) in [5, 5.41) is 16.4. The minimum Gasteiger partial charge on any atom is -0.466 e. The summed E-state index contributed by atoms with van der Waals surface area (Å²) in [6.45, 7) is 13.4. The normalized spacial score (nSPS) is 17.5. The zero-order chi connectivity index (χ0) is 40.8. The summed E-state index contributed by atoms with van der Waals surface area (Å²) in [6.07, 6.45) is 2.94. The van der Waals surface area contributed by atoms with Crippen molar-refractivity contribution >= 4 is 41.0 Å². The second-order valence-corrected chi connectivity index (χ2v) is 16.5. The van der Waals surface area contributed by atoms with Gasteiger partial charge in [-0.3, -0.25) is 28.9 Å². The number of amides is 3. The fourth-order valence-electron chi connectivity index (χ4n) is 7.16. The Balaban J connectivity index is 1.90. The molecule has 2 heterocycles. The molecule has 3 rings (SSSR count). The summed E-state index contributed by atoms with van der Waals surface area (Å²) < 4.78 is 11.1. The molecule has 2 aromatic rings. The molecular formula is C41H63N5O8S. The van der Waals surface area contributed by atoms with Crippen LogP contribution >= 0.6 is 11.3 Å². The fourth-order valence-corrected chi connectivity index (χ4v) is 8.25. The molecular weight excluding hydrogens is 723 g/mol. The second kappa shape index (κ2) is 22.0. The number of aliphatic hydroxyl groups excluding tert-OH is 1. The zero-order valence-corrected chi connectivity index (χ0v) is 34.9. The number of carbonyl (C=O) groups excluding carboxylic acids is 5. The van der Waals surface area contributed by atoms with Gasteiger partial charge in [0.05, 0.1) is 18.6 Å². The second-order valence-electron chi connectivity index (χ2n) is 15.4. The summed E-state index contributed by atoms with van der Waals surface area (Å²) in [4.78, 5) is 75.5. The number of hydrogen-bond donors (Lipinski definition) is 3. The van der Waals surface area contributed by atoms with Crippen LogP contribution in [0.15, 0.2) is 30.3 Å². The van der Waals surface area contributed by atoms with E-state index in [1.54, 1.807) is 25.8 Å². The van der Waals surface area contributed by atoms with Gasteiger partial charge < -0.3 is 30.1 Å². The molecule has 6 atom stereocenters. The number of piperidine rings is 1. The van der Waals surface area contributed by atoms with Crippen LogP contribution in [0, 0.1) is 17.8 Å². The van der Waals surface area contributed by atoms with E-state index in [1.165, 1.54) is 18.3 Å². The molecule has 1 aliphatic heterocycles. The van der Waals surface area contributed by atoms with Crippen LogP contribution in [-0.2, 0) is 41.5 Å².